The van der Waals surface area contributed by atoms with Crippen LogP contribution in [-0.4, -0.2) is 25.5 Å². The lowest BCUT2D eigenvalue weighted by molar-refractivity contribution is -0.116. The molecule has 27 heavy (non-hydrogen) atoms. The number of aromatic nitrogens is 4. The number of carbonyl (C=O) groups excluding carboxylic acids is 1. The molecule has 3 aromatic heterocycles. The topological polar surface area (TPSA) is 89.2 Å². The number of amides is 1. The van der Waals surface area contributed by atoms with E-state index in [9.17, 15) is 9.59 Å². The molecule has 1 aliphatic carbocycles. The summed E-state index contributed by atoms with van der Waals surface area (Å²) in [6.07, 6.45) is 5.60. The molecule has 0 saturated carbocycles. The molecule has 0 atom stereocenters. The van der Waals surface area contributed by atoms with Gasteiger partial charge < -0.3 is 5.32 Å². The van der Waals surface area contributed by atoms with Crippen molar-refractivity contribution in [2.45, 2.75) is 55.5 Å². The van der Waals surface area contributed by atoms with Gasteiger partial charge >= 0.3 is 0 Å². The Balaban J connectivity index is 1.47. The van der Waals surface area contributed by atoms with Gasteiger partial charge in [-0.2, -0.15) is 0 Å². The Kier molecular flexibility index (Phi) is 5.55. The molecule has 1 N–H and O–H groups in total. The predicted octanol–water partition coefficient (Wildman–Crippen LogP) is 3.52. The van der Waals surface area contributed by atoms with E-state index in [2.05, 4.69) is 20.5 Å². The number of rotatable bonds is 6. The zero-order valence-corrected chi connectivity index (χ0v) is 17.3. The first-order chi connectivity index (χ1) is 13.1. The third kappa shape index (κ3) is 4.07. The number of hydrogen-bond acceptors (Lipinski definition) is 8. The summed E-state index contributed by atoms with van der Waals surface area (Å²) in [6.45, 7) is 1.96. The molecule has 0 unspecified atom stereocenters. The normalized spacial score (nSPS) is 13.7. The molecule has 4 rings (SSSR count). The van der Waals surface area contributed by atoms with E-state index in [1.165, 1.54) is 34.4 Å². The second-order valence-corrected chi connectivity index (χ2v) is 9.60. The highest BCUT2D eigenvalue weighted by Gasteiger charge is 2.18. The average molecular weight is 422 g/mol. The van der Waals surface area contributed by atoms with Crippen molar-refractivity contribution in [1.29, 1.82) is 0 Å². The molecule has 10 heteroatoms. The van der Waals surface area contributed by atoms with Gasteiger partial charge in [-0.25, -0.2) is 4.98 Å². The minimum Gasteiger partial charge on any atom is -0.301 e. The summed E-state index contributed by atoms with van der Waals surface area (Å²) in [4.78, 5) is 31.0. The fourth-order valence-electron chi connectivity index (χ4n) is 3.08. The predicted molar refractivity (Wildman–Crippen MR) is 109 cm³/mol. The van der Waals surface area contributed by atoms with Crippen molar-refractivity contribution in [2.24, 2.45) is 0 Å². The van der Waals surface area contributed by atoms with E-state index in [0.717, 1.165) is 46.4 Å². The van der Waals surface area contributed by atoms with Crippen molar-refractivity contribution in [3.63, 3.8) is 0 Å². The van der Waals surface area contributed by atoms with E-state index in [-0.39, 0.29) is 11.5 Å². The van der Waals surface area contributed by atoms with E-state index in [0.29, 0.717) is 17.3 Å². The van der Waals surface area contributed by atoms with Gasteiger partial charge in [0.05, 0.1) is 5.69 Å². The summed E-state index contributed by atoms with van der Waals surface area (Å²) in [7, 11) is 0. The third-order valence-electron chi connectivity index (χ3n) is 4.29. The van der Waals surface area contributed by atoms with E-state index < -0.39 is 0 Å². The van der Waals surface area contributed by atoms with Crippen molar-refractivity contribution in [3.8, 4) is 0 Å². The van der Waals surface area contributed by atoms with Crippen molar-refractivity contribution in [1.82, 2.24) is 19.6 Å². The molecule has 0 radical (unpaired) electrons. The molecule has 142 valence electrons. The Bertz CT molecular complexity index is 1040. The highest BCUT2D eigenvalue weighted by molar-refractivity contribution is 8.00. The Morgan fingerprint density at radius 2 is 2.15 bits per heavy atom. The Labute approximate surface area is 168 Å². The summed E-state index contributed by atoms with van der Waals surface area (Å²) in [5, 5.41) is 11.3. The number of nitrogens with zero attached hydrogens (tertiary/aromatic N) is 4. The van der Waals surface area contributed by atoms with Crippen molar-refractivity contribution in [3.05, 3.63) is 32.7 Å². The SMILES string of the molecule is CCCC(=O)Nc1nnc(SCc2cc(=O)n3c4c(sc3n2)CCCC4)s1. The minimum absolute atomic E-state index is 0.000202. The molecule has 0 aliphatic heterocycles. The van der Waals surface area contributed by atoms with Crippen LogP contribution in [0.4, 0.5) is 5.13 Å². The Morgan fingerprint density at radius 3 is 3.00 bits per heavy atom. The number of carbonyl (C=O) groups is 1. The number of fused-ring (bicyclic) bond motifs is 3. The molecule has 3 heterocycles. The minimum atomic E-state index is -0.0491. The van der Waals surface area contributed by atoms with Crippen LogP contribution in [0, 0.1) is 0 Å². The molecular weight excluding hydrogens is 402 g/mol. The Hall–Kier alpha value is -1.78. The number of thioether (sulfide) groups is 1. The lowest BCUT2D eigenvalue weighted by atomic mass is 10.0. The van der Waals surface area contributed by atoms with Crippen LogP contribution < -0.4 is 10.9 Å². The van der Waals surface area contributed by atoms with Crippen LogP contribution in [-0.2, 0) is 23.4 Å². The lowest BCUT2D eigenvalue weighted by Gasteiger charge is -2.09. The van der Waals surface area contributed by atoms with E-state index in [4.69, 9.17) is 0 Å². The summed E-state index contributed by atoms with van der Waals surface area (Å²) in [5.74, 6) is 0.498. The lowest BCUT2D eigenvalue weighted by Crippen LogP contribution is -2.17. The first-order valence-electron chi connectivity index (χ1n) is 8.93. The van der Waals surface area contributed by atoms with Crippen molar-refractivity contribution in [2.75, 3.05) is 5.32 Å². The first-order valence-corrected chi connectivity index (χ1v) is 11.6. The largest absolute Gasteiger partial charge is 0.301 e. The standard InChI is InChI=1S/C17H19N5O2S3/c1-2-5-13(23)19-15-20-21-17(27-15)25-9-10-8-14(24)22-11-6-3-4-7-12(11)26-16(22)18-10/h8H,2-7,9H2,1H3,(H,19,20,23). The number of hydrogen-bond donors (Lipinski definition) is 1. The molecule has 0 saturated heterocycles. The van der Waals surface area contributed by atoms with Gasteiger partial charge in [0.15, 0.2) is 9.30 Å². The maximum atomic E-state index is 12.6. The van der Waals surface area contributed by atoms with Crippen LogP contribution >= 0.6 is 34.4 Å². The van der Waals surface area contributed by atoms with Crippen LogP contribution in [0.15, 0.2) is 15.2 Å². The van der Waals surface area contributed by atoms with Gasteiger partial charge in [0.2, 0.25) is 11.0 Å². The van der Waals surface area contributed by atoms with Crippen LogP contribution in [0.25, 0.3) is 4.96 Å². The molecule has 7 nitrogen and oxygen atoms in total. The highest BCUT2D eigenvalue weighted by atomic mass is 32.2. The smallest absolute Gasteiger partial charge is 0.259 e. The van der Waals surface area contributed by atoms with Crippen LogP contribution in [0.1, 0.15) is 48.9 Å². The second kappa shape index (κ2) is 8.07. The molecule has 1 aliphatic rings. The van der Waals surface area contributed by atoms with E-state index in [1.54, 1.807) is 21.8 Å². The molecular formula is C17H19N5O2S3. The van der Waals surface area contributed by atoms with E-state index in [1.807, 2.05) is 6.92 Å². The molecule has 1 amide bonds. The second-order valence-electron chi connectivity index (χ2n) is 6.34. The molecule has 0 aromatic carbocycles. The van der Waals surface area contributed by atoms with Gasteiger partial charge in [0.1, 0.15) is 0 Å². The summed E-state index contributed by atoms with van der Waals surface area (Å²) < 4.78 is 2.52. The van der Waals surface area contributed by atoms with Gasteiger partial charge in [-0.15, -0.1) is 21.5 Å². The summed E-state index contributed by atoms with van der Waals surface area (Å²) >= 11 is 4.45. The van der Waals surface area contributed by atoms with Gasteiger partial charge in [-0.05, 0) is 32.1 Å². The maximum Gasteiger partial charge on any atom is 0.259 e. The Morgan fingerprint density at radius 1 is 1.30 bits per heavy atom. The van der Waals surface area contributed by atoms with Gasteiger partial charge in [0.25, 0.3) is 5.56 Å². The monoisotopic (exact) mass is 421 g/mol. The summed E-state index contributed by atoms with van der Waals surface area (Å²) in [5.41, 5.74) is 1.89. The molecule has 0 bridgehead atoms. The van der Waals surface area contributed by atoms with Gasteiger partial charge in [-0.1, -0.05) is 30.0 Å². The quantitative estimate of drug-likeness (QED) is 0.484. The fourth-order valence-corrected chi connectivity index (χ4v) is 5.97. The molecule has 0 fully saturated rings. The zero-order chi connectivity index (χ0) is 18.8. The third-order valence-corrected chi connectivity index (χ3v) is 7.44. The van der Waals surface area contributed by atoms with Gasteiger partial charge in [-0.3, -0.25) is 14.0 Å². The number of anilines is 1. The average Bonchev–Trinajstić information content (AvgIpc) is 3.24. The van der Waals surface area contributed by atoms with Crippen LogP contribution in [0.5, 0.6) is 0 Å². The fraction of sp³-hybridized carbons (Fsp3) is 0.471. The first kappa shape index (κ1) is 18.6. The van der Waals surface area contributed by atoms with Gasteiger partial charge in [0, 0.05) is 28.8 Å². The molecule has 0 spiro atoms. The maximum absolute atomic E-state index is 12.6. The number of thiazole rings is 1. The number of aryl methyl sites for hydroxylation is 2. The number of nitrogens with one attached hydrogen (secondary N) is 1. The molecule has 3 aromatic rings. The highest BCUT2D eigenvalue weighted by Crippen LogP contribution is 2.30. The van der Waals surface area contributed by atoms with Crippen LogP contribution in [0.2, 0.25) is 0 Å². The van der Waals surface area contributed by atoms with Crippen molar-refractivity contribution >= 4 is 50.4 Å². The zero-order valence-electron chi connectivity index (χ0n) is 14.9. The summed E-state index contributed by atoms with van der Waals surface area (Å²) in [6, 6.07) is 1.62. The van der Waals surface area contributed by atoms with Crippen LogP contribution in [0.3, 0.4) is 0 Å². The van der Waals surface area contributed by atoms with Crippen molar-refractivity contribution < 1.29 is 4.79 Å². The van der Waals surface area contributed by atoms with E-state index >= 15 is 0 Å².